The molecule has 0 atom stereocenters. The van der Waals surface area contributed by atoms with Crippen LogP contribution in [0.4, 0.5) is 0 Å². The van der Waals surface area contributed by atoms with Crippen LogP contribution in [-0.2, 0) is 4.79 Å². The first-order chi connectivity index (χ1) is 7.71. The highest BCUT2D eigenvalue weighted by Crippen LogP contribution is 2.26. The number of methoxy groups -OCH3 is 1. The zero-order valence-electron chi connectivity index (χ0n) is 9.40. The quantitative estimate of drug-likeness (QED) is 0.433. The molecule has 0 aliphatic heterocycles. The fraction of sp³-hybridized carbons (Fsp3) is 0.154. The summed E-state index contributed by atoms with van der Waals surface area (Å²) in [5.41, 5.74) is 1.42. The van der Waals surface area contributed by atoms with Crippen molar-refractivity contribution in [3.63, 3.8) is 0 Å². The van der Waals surface area contributed by atoms with Gasteiger partial charge in [-0.3, -0.25) is 4.79 Å². The molecular weight excluding hydrogens is 204 g/mol. The molecule has 0 saturated heterocycles. The van der Waals surface area contributed by atoms with Gasteiger partial charge in [-0.2, -0.15) is 0 Å². The summed E-state index contributed by atoms with van der Waals surface area (Å²) in [7, 11) is 1.58. The Morgan fingerprint density at radius 3 is 2.75 bits per heavy atom. The minimum absolute atomic E-state index is 0.619. The molecule has 0 fully saturated rings. The van der Waals surface area contributed by atoms with E-state index in [0.29, 0.717) is 17.1 Å². The zero-order chi connectivity index (χ0) is 12.0. The summed E-state index contributed by atoms with van der Waals surface area (Å²) in [6.45, 7) is 5.21. The Morgan fingerprint density at radius 2 is 2.19 bits per heavy atom. The van der Waals surface area contributed by atoms with E-state index in [0.717, 1.165) is 11.8 Å². The van der Waals surface area contributed by atoms with Gasteiger partial charge in [-0.15, -0.1) is 0 Å². The summed E-state index contributed by atoms with van der Waals surface area (Å²) in [5, 5.41) is 0. The average Bonchev–Trinajstić information content (AvgIpc) is 2.30. The summed E-state index contributed by atoms with van der Waals surface area (Å²) >= 11 is 0. The lowest BCUT2D eigenvalue weighted by Gasteiger charge is -2.07. The number of hydrogen-bond acceptors (Lipinski definition) is 3. The van der Waals surface area contributed by atoms with E-state index >= 15 is 0 Å². The Hall–Kier alpha value is -2.03. The first-order valence-electron chi connectivity index (χ1n) is 4.80. The van der Waals surface area contributed by atoms with Crippen molar-refractivity contribution in [3.05, 3.63) is 42.2 Å². The van der Waals surface area contributed by atoms with Crippen LogP contribution in [0.1, 0.15) is 12.5 Å². The number of carbonyl (C=O) groups excluding carboxylic acids is 1. The standard InChI is InChI=1S/C13H14O3/c1-4-16-12-5-6-13(15-3)11(8-12)7-10(2)9-14/h4-9H,1H2,2-3H3/b10-7-. The Kier molecular flexibility index (Phi) is 4.33. The number of aldehydes is 1. The van der Waals surface area contributed by atoms with E-state index in [2.05, 4.69) is 6.58 Å². The molecule has 0 aromatic heterocycles. The summed E-state index contributed by atoms with van der Waals surface area (Å²) in [6.07, 6.45) is 3.88. The van der Waals surface area contributed by atoms with E-state index in [-0.39, 0.29) is 0 Å². The summed E-state index contributed by atoms with van der Waals surface area (Å²) in [5.74, 6) is 1.35. The number of ether oxygens (including phenoxy) is 2. The van der Waals surface area contributed by atoms with Crippen molar-refractivity contribution in [2.24, 2.45) is 0 Å². The molecular formula is C13H14O3. The topological polar surface area (TPSA) is 35.5 Å². The summed E-state index contributed by atoms with van der Waals surface area (Å²) < 4.78 is 10.3. The molecule has 0 aliphatic carbocycles. The molecule has 0 spiro atoms. The van der Waals surface area contributed by atoms with Crippen molar-refractivity contribution >= 4 is 12.4 Å². The van der Waals surface area contributed by atoms with Crippen LogP contribution in [0.15, 0.2) is 36.6 Å². The van der Waals surface area contributed by atoms with E-state index in [4.69, 9.17) is 9.47 Å². The second-order valence-corrected chi connectivity index (χ2v) is 3.19. The predicted octanol–water partition coefficient (Wildman–Crippen LogP) is 2.82. The summed E-state index contributed by atoms with van der Waals surface area (Å²) in [4.78, 5) is 10.6. The molecule has 84 valence electrons. The third-order valence-electron chi connectivity index (χ3n) is 1.99. The molecule has 0 heterocycles. The molecule has 0 unspecified atom stereocenters. The van der Waals surface area contributed by atoms with Gasteiger partial charge < -0.3 is 9.47 Å². The van der Waals surface area contributed by atoms with E-state index in [1.165, 1.54) is 6.26 Å². The van der Waals surface area contributed by atoms with Crippen LogP contribution in [0.3, 0.4) is 0 Å². The normalized spacial score (nSPS) is 10.8. The van der Waals surface area contributed by atoms with Crippen LogP contribution in [0.25, 0.3) is 6.08 Å². The van der Waals surface area contributed by atoms with Crippen molar-refractivity contribution < 1.29 is 14.3 Å². The number of hydrogen-bond donors (Lipinski definition) is 0. The van der Waals surface area contributed by atoms with Gasteiger partial charge >= 0.3 is 0 Å². The van der Waals surface area contributed by atoms with Crippen molar-refractivity contribution in [2.75, 3.05) is 7.11 Å². The van der Waals surface area contributed by atoms with E-state index < -0.39 is 0 Å². The fourth-order valence-electron chi connectivity index (χ4n) is 1.27. The van der Waals surface area contributed by atoms with Crippen molar-refractivity contribution in [1.29, 1.82) is 0 Å². The number of carbonyl (C=O) groups is 1. The molecule has 0 aliphatic rings. The Balaban J connectivity index is 3.16. The predicted molar refractivity (Wildman–Crippen MR) is 63.5 cm³/mol. The highest BCUT2D eigenvalue weighted by atomic mass is 16.5. The molecule has 16 heavy (non-hydrogen) atoms. The molecule has 0 bridgehead atoms. The number of allylic oxidation sites excluding steroid dienone is 1. The van der Waals surface area contributed by atoms with Gasteiger partial charge in [-0.05, 0) is 36.8 Å². The van der Waals surface area contributed by atoms with Gasteiger partial charge in [0.05, 0.1) is 13.4 Å². The maximum absolute atomic E-state index is 10.6. The van der Waals surface area contributed by atoms with Crippen LogP contribution in [0, 0.1) is 0 Å². The molecule has 3 heteroatoms. The van der Waals surface area contributed by atoms with E-state index in [9.17, 15) is 4.79 Å². The Bertz CT molecular complexity index is 419. The molecule has 3 nitrogen and oxygen atoms in total. The van der Waals surface area contributed by atoms with Gasteiger partial charge in [0, 0.05) is 5.56 Å². The lowest BCUT2D eigenvalue weighted by molar-refractivity contribution is -0.104. The number of rotatable bonds is 5. The zero-order valence-corrected chi connectivity index (χ0v) is 9.40. The lowest BCUT2D eigenvalue weighted by Crippen LogP contribution is -1.90. The van der Waals surface area contributed by atoms with Crippen LogP contribution >= 0.6 is 0 Å². The Labute approximate surface area is 95.0 Å². The van der Waals surface area contributed by atoms with Gasteiger partial charge in [-0.1, -0.05) is 6.58 Å². The molecule has 1 rings (SSSR count). The minimum Gasteiger partial charge on any atom is -0.496 e. The van der Waals surface area contributed by atoms with Crippen LogP contribution < -0.4 is 9.47 Å². The van der Waals surface area contributed by atoms with Gasteiger partial charge in [0.25, 0.3) is 0 Å². The van der Waals surface area contributed by atoms with Crippen LogP contribution in [0.5, 0.6) is 11.5 Å². The third kappa shape index (κ3) is 2.98. The first kappa shape index (κ1) is 12.0. The molecule has 0 radical (unpaired) electrons. The second-order valence-electron chi connectivity index (χ2n) is 3.19. The molecule has 0 N–H and O–H groups in total. The molecule has 0 amide bonds. The smallest absolute Gasteiger partial charge is 0.145 e. The first-order valence-corrected chi connectivity index (χ1v) is 4.80. The third-order valence-corrected chi connectivity index (χ3v) is 1.99. The molecule has 0 saturated carbocycles. The van der Waals surface area contributed by atoms with Gasteiger partial charge in [0.2, 0.25) is 0 Å². The monoisotopic (exact) mass is 218 g/mol. The van der Waals surface area contributed by atoms with Gasteiger partial charge in [-0.25, -0.2) is 0 Å². The minimum atomic E-state index is 0.619. The van der Waals surface area contributed by atoms with Gasteiger partial charge in [0.1, 0.15) is 17.8 Å². The second kappa shape index (κ2) is 5.75. The Morgan fingerprint density at radius 1 is 1.44 bits per heavy atom. The lowest BCUT2D eigenvalue weighted by atomic mass is 10.1. The average molecular weight is 218 g/mol. The van der Waals surface area contributed by atoms with E-state index in [1.807, 2.05) is 0 Å². The maximum atomic E-state index is 10.6. The van der Waals surface area contributed by atoms with Crippen LogP contribution in [0.2, 0.25) is 0 Å². The highest BCUT2D eigenvalue weighted by Gasteiger charge is 2.02. The van der Waals surface area contributed by atoms with Gasteiger partial charge in [0.15, 0.2) is 0 Å². The van der Waals surface area contributed by atoms with Crippen molar-refractivity contribution in [1.82, 2.24) is 0 Å². The van der Waals surface area contributed by atoms with E-state index in [1.54, 1.807) is 38.3 Å². The van der Waals surface area contributed by atoms with Crippen molar-refractivity contribution in [2.45, 2.75) is 6.92 Å². The maximum Gasteiger partial charge on any atom is 0.145 e. The molecule has 1 aromatic rings. The number of benzene rings is 1. The fourth-order valence-corrected chi connectivity index (χ4v) is 1.27. The van der Waals surface area contributed by atoms with Crippen molar-refractivity contribution in [3.8, 4) is 11.5 Å². The SMILES string of the molecule is C=COc1ccc(OC)c(/C=C(/C)C=O)c1. The van der Waals surface area contributed by atoms with Crippen LogP contribution in [-0.4, -0.2) is 13.4 Å². The summed E-state index contributed by atoms with van der Waals surface area (Å²) in [6, 6.07) is 5.34. The largest absolute Gasteiger partial charge is 0.496 e. The highest BCUT2D eigenvalue weighted by molar-refractivity contribution is 5.82. The molecule has 1 aromatic carbocycles.